The van der Waals surface area contributed by atoms with Crippen LogP contribution in [0.15, 0.2) is 48.2 Å². The van der Waals surface area contributed by atoms with Gasteiger partial charge in [0.1, 0.15) is 11.6 Å². The Labute approximate surface area is 159 Å². The number of nitrogens with one attached hydrogen (secondary N) is 1. The molecule has 0 aliphatic heterocycles. The first-order chi connectivity index (χ1) is 13.0. The molecule has 1 N–H and O–H groups in total. The number of aryl methyl sites for hydroxylation is 1. The van der Waals surface area contributed by atoms with Crippen molar-refractivity contribution in [2.24, 2.45) is 0 Å². The molecule has 3 aromatic rings. The van der Waals surface area contributed by atoms with Gasteiger partial charge in [0.2, 0.25) is 0 Å². The molecule has 5 heteroatoms. The number of anilines is 1. The number of hydrogen-bond donors (Lipinski definition) is 1. The fraction of sp³-hybridized carbons (Fsp3) is 0.227. The first kappa shape index (κ1) is 18.4. The number of benzene rings is 1. The van der Waals surface area contributed by atoms with Gasteiger partial charge in [0.05, 0.1) is 11.2 Å². The highest BCUT2D eigenvalue weighted by molar-refractivity contribution is 6.12. The fourth-order valence-corrected chi connectivity index (χ4v) is 3.25. The number of hydrogen-bond acceptors (Lipinski definition) is 3. The van der Waals surface area contributed by atoms with Crippen LogP contribution in [0.1, 0.15) is 30.3 Å². The van der Waals surface area contributed by atoms with Crippen LogP contribution in [0.3, 0.4) is 0 Å². The van der Waals surface area contributed by atoms with Crippen molar-refractivity contribution in [2.75, 3.05) is 5.32 Å². The van der Waals surface area contributed by atoms with Gasteiger partial charge < -0.3 is 9.88 Å². The molecule has 136 valence electrons. The Morgan fingerprint density at radius 1 is 1.30 bits per heavy atom. The van der Waals surface area contributed by atoms with Crippen LogP contribution in [0.5, 0.6) is 0 Å². The molecule has 27 heavy (non-hydrogen) atoms. The molecule has 0 aliphatic rings. The third-order valence-corrected chi connectivity index (χ3v) is 4.62. The second-order valence-corrected chi connectivity index (χ2v) is 6.48. The maximum absolute atomic E-state index is 12.7. The van der Waals surface area contributed by atoms with Crippen molar-refractivity contribution in [2.45, 2.75) is 33.7 Å². The third kappa shape index (κ3) is 3.75. The normalized spacial score (nSPS) is 11.4. The van der Waals surface area contributed by atoms with Gasteiger partial charge in [-0.1, -0.05) is 13.0 Å². The maximum atomic E-state index is 12.7. The molecule has 2 aromatic heterocycles. The van der Waals surface area contributed by atoms with Gasteiger partial charge >= 0.3 is 0 Å². The monoisotopic (exact) mass is 358 g/mol. The van der Waals surface area contributed by atoms with E-state index < -0.39 is 5.91 Å². The zero-order valence-corrected chi connectivity index (χ0v) is 15.8. The van der Waals surface area contributed by atoms with E-state index in [2.05, 4.69) is 21.8 Å². The standard InChI is InChI=1S/C22H22N4O/c1-4-11-26-15(2)12-17(16(26)3)13-18(14-23)22(27)25-21-9-5-8-20-19(21)7-6-10-24-20/h5-10,12-13H,4,11H2,1-3H3,(H,25,27)/b18-13-. The second-order valence-electron chi connectivity index (χ2n) is 6.48. The van der Waals surface area contributed by atoms with E-state index in [1.54, 1.807) is 12.3 Å². The van der Waals surface area contributed by atoms with Crippen LogP contribution in [0.25, 0.3) is 17.0 Å². The first-order valence-electron chi connectivity index (χ1n) is 8.98. The second kappa shape index (κ2) is 7.88. The molecule has 1 aromatic carbocycles. The average Bonchev–Trinajstić information content (AvgIpc) is 2.94. The molecule has 0 atom stereocenters. The van der Waals surface area contributed by atoms with Crippen molar-refractivity contribution in [3.63, 3.8) is 0 Å². The fourth-order valence-electron chi connectivity index (χ4n) is 3.25. The number of amides is 1. The summed E-state index contributed by atoms with van der Waals surface area (Å²) in [4.78, 5) is 17.0. The number of aromatic nitrogens is 2. The molecule has 2 heterocycles. The Morgan fingerprint density at radius 3 is 2.85 bits per heavy atom. The van der Waals surface area contributed by atoms with E-state index in [0.717, 1.165) is 40.8 Å². The minimum atomic E-state index is -0.422. The van der Waals surface area contributed by atoms with Crippen LogP contribution < -0.4 is 5.32 Å². The molecule has 3 rings (SSSR count). The van der Waals surface area contributed by atoms with Crippen LogP contribution in [0.2, 0.25) is 0 Å². The van der Waals surface area contributed by atoms with Crippen LogP contribution in [0, 0.1) is 25.2 Å². The van der Waals surface area contributed by atoms with Crippen molar-refractivity contribution >= 4 is 28.6 Å². The molecule has 5 nitrogen and oxygen atoms in total. The van der Waals surface area contributed by atoms with E-state index in [0.29, 0.717) is 5.69 Å². The molecule has 0 radical (unpaired) electrons. The van der Waals surface area contributed by atoms with Gasteiger partial charge in [0.15, 0.2) is 0 Å². The van der Waals surface area contributed by atoms with Crippen molar-refractivity contribution in [3.05, 3.63) is 65.1 Å². The van der Waals surface area contributed by atoms with E-state index >= 15 is 0 Å². The van der Waals surface area contributed by atoms with E-state index in [-0.39, 0.29) is 5.57 Å². The average molecular weight is 358 g/mol. The van der Waals surface area contributed by atoms with Gasteiger partial charge in [0, 0.05) is 29.5 Å². The summed E-state index contributed by atoms with van der Waals surface area (Å²) in [7, 11) is 0. The molecule has 0 spiro atoms. The minimum Gasteiger partial charge on any atom is -0.349 e. The number of nitriles is 1. The highest BCUT2D eigenvalue weighted by atomic mass is 16.1. The van der Waals surface area contributed by atoms with E-state index in [4.69, 9.17) is 0 Å². The highest BCUT2D eigenvalue weighted by Gasteiger charge is 2.14. The Balaban J connectivity index is 1.92. The minimum absolute atomic E-state index is 0.0765. The smallest absolute Gasteiger partial charge is 0.266 e. The molecule has 0 unspecified atom stereocenters. The lowest BCUT2D eigenvalue weighted by molar-refractivity contribution is -0.112. The molecule has 0 bridgehead atoms. The summed E-state index contributed by atoms with van der Waals surface area (Å²) in [6.45, 7) is 7.09. The van der Waals surface area contributed by atoms with Crippen LogP contribution in [-0.2, 0) is 11.3 Å². The first-order valence-corrected chi connectivity index (χ1v) is 8.98. The van der Waals surface area contributed by atoms with Gasteiger partial charge in [-0.3, -0.25) is 9.78 Å². The summed E-state index contributed by atoms with van der Waals surface area (Å²) in [5.74, 6) is -0.422. The number of rotatable bonds is 5. The number of pyridine rings is 1. The molecule has 0 fully saturated rings. The van der Waals surface area contributed by atoms with Gasteiger partial charge in [-0.15, -0.1) is 0 Å². The van der Waals surface area contributed by atoms with E-state index in [1.807, 2.05) is 56.3 Å². The number of nitrogens with zero attached hydrogens (tertiary/aromatic N) is 3. The van der Waals surface area contributed by atoms with Crippen molar-refractivity contribution in [1.82, 2.24) is 9.55 Å². The summed E-state index contributed by atoms with van der Waals surface area (Å²) >= 11 is 0. The van der Waals surface area contributed by atoms with Crippen LogP contribution in [0.4, 0.5) is 5.69 Å². The topological polar surface area (TPSA) is 70.7 Å². The summed E-state index contributed by atoms with van der Waals surface area (Å²) in [6, 6.07) is 13.3. The van der Waals surface area contributed by atoms with E-state index in [9.17, 15) is 10.1 Å². The maximum Gasteiger partial charge on any atom is 0.266 e. The molecular formula is C22H22N4O. The molecule has 0 saturated carbocycles. The summed E-state index contributed by atoms with van der Waals surface area (Å²) in [6.07, 6.45) is 4.40. The lowest BCUT2D eigenvalue weighted by atomic mass is 10.1. The predicted molar refractivity (Wildman–Crippen MR) is 108 cm³/mol. The zero-order chi connectivity index (χ0) is 19.4. The number of carbonyl (C=O) groups is 1. The Bertz CT molecular complexity index is 1060. The van der Waals surface area contributed by atoms with Gasteiger partial charge in [-0.2, -0.15) is 5.26 Å². The Morgan fingerprint density at radius 2 is 2.11 bits per heavy atom. The summed E-state index contributed by atoms with van der Waals surface area (Å²) in [5, 5.41) is 13.2. The number of carbonyl (C=O) groups excluding carboxylic acids is 1. The molecule has 1 amide bonds. The summed E-state index contributed by atoms with van der Waals surface area (Å²) < 4.78 is 2.20. The largest absolute Gasteiger partial charge is 0.349 e. The van der Waals surface area contributed by atoms with E-state index in [1.165, 1.54) is 0 Å². The predicted octanol–water partition coefficient (Wildman–Crippen LogP) is 4.61. The molecular weight excluding hydrogens is 336 g/mol. The quantitative estimate of drug-likeness (QED) is 0.535. The Hall–Kier alpha value is -3.39. The number of fused-ring (bicyclic) bond motifs is 1. The van der Waals surface area contributed by atoms with Gasteiger partial charge in [0.25, 0.3) is 5.91 Å². The third-order valence-electron chi connectivity index (χ3n) is 4.62. The van der Waals surface area contributed by atoms with Crippen LogP contribution >= 0.6 is 0 Å². The summed E-state index contributed by atoms with van der Waals surface area (Å²) in [5.41, 5.74) is 4.59. The van der Waals surface area contributed by atoms with Crippen molar-refractivity contribution in [3.8, 4) is 6.07 Å². The molecule has 0 aliphatic carbocycles. The SMILES string of the molecule is CCCn1c(C)cc(/C=C(/C#N)C(=O)Nc2cccc3ncccc23)c1C. The lowest BCUT2D eigenvalue weighted by Crippen LogP contribution is -2.13. The lowest BCUT2D eigenvalue weighted by Gasteiger charge is -2.08. The highest BCUT2D eigenvalue weighted by Crippen LogP contribution is 2.23. The van der Waals surface area contributed by atoms with Gasteiger partial charge in [-0.25, -0.2) is 0 Å². The van der Waals surface area contributed by atoms with Crippen LogP contribution in [-0.4, -0.2) is 15.5 Å². The van der Waals surface area contributed by atoms with Crippen molar-refractivity contribution in [1.29, 1.82) is 5.26 Å². The van der Waals surface area contributed by atoms with Crippen molar-refractivity contribution < 1.29 is 4.79 Å². The molecule has 0 saturated heterocycles. The Kier molecular flexibility index (Phi) is 5.37. The zero-order valence-electron chi connectivity index (χ0n) is 15.8. The van der Waals surface area contributed by atoms with Gasteiger partial charge in [-0.05, 0) is 62.2 Å².